The van der Waals surface area contributed by atoms with E-state index in [2.05, 4.69) is 54.7 Å². The largest absolute Gasteiger partial charge is 0.491 e. The number of allylic oxidation sites excluding steroid dienone is 1. The van der Waals surface area contributed by atoms with E-state index in [0.717, 1.165) is 68.1 Å². The number of anilines is 1. The van der Waals surface area contributed by atoms with Gasteiger partial charge in [0, 0.05) is 36.7 Å². The Morgan fingerprint density at radius 2 is 1.95 bits per heavy atom. The number of carbonyl (C=O) groups excluding carboxylic acids is 1. The Morgan fingerprint density at radius 1 is 1.14 bits per heavy atom. The van der Waals surface area contributed by atoms with E-state index in [1.807, 2.05) is 32.2 Å². The Hall–Kier alpha value is -2.35. The number of halogens is 1. The molecule has 2 aliphatic heterocycles. The molecule has 234 valence electrons. The van der Waals surface area contributed by atoms with Crippen LogP contribution in [0.4, 0.5) is 5.69 Å². The maximum Gasteiger partial charge on any atom is 0.263 e. The van der Waals surface area contributed by atoms with Crippen molar-refractivity contribution in [3.05, 3.63) is 70.3 Å². The molecule has 5 rings (SSSR count). The van der Waals surface area contributed by atoms with Crippen molar-refractivity contribution in [1.29, 1.82) is 0 Å². The number of methoxy groups -OCH3 is 1. The topological polar surface area (TPSA) is 67.9 Å². The molecule has 43 heavy (non-hydrogen) atoms. The number of aryl methyl sites for hydroxylation is 1. The molecule has 0 aromatic heterocycles. The Bertz CT molecular complexity index is 1360. The van der Waals surface area contributed by atoms with Crippen LogP contribution in [0.5, 0.6) is 5.75 Å². The molecule has 1 saturated carbocycles. The summed E-state index contributed by atoms with van der Waals surface area (Å²) < 4.78 is 28.8. The van der Waals surface area contributed by atoms with Crippen molar-refractivity contribution in [3.8, 4) is 5.75 Å². The van der Waals surface area contributed by atoms with Crippen LogP contribution in [0.2, 0.25) is 5.02 Å². The van der Waals surface area contributed by atoms with Crippen molar-refractivity contribution in [3.63, 3.8) is 0 Å². The average molecular weight is 627 g/mol. The molecular formula is C35H47ClN2O4S. The van der Waals surface area contributed by atoms with E-state index in [1.165, 1.54) is 11.1 Å². The molecule has 1 N–H and O–H groups in total. The number of nitrogens with zero attached hydrogens (tertiary/aromatic N) is 1. The van der Waals surface area contributed by atoms with Crippen LogP contribution < -0.4 is 14.4 Å². The predicted molar refractivity (Wildman–Crippen MR) is 177 cm³/mol. The SMILES string of the molecule is CCCc1cc(Cl)ccc1C1COc2ccc3cc2N(C1)CC1CCC1C(CC)(OC)/C=C/CC(C)C(C)S(=O)NC3=O. The highest BCUT2D eigenvalue weighted by atomic mass is 35.5. The lowest BCUT2D eigenvalue weighted by Gasteiger charge is -2.49. The first-order valence-corrected chi connectivity index (χ1v) is 17.5. The molecule has 0 saturated heterocycles. The van der Waals surface area contributed by atoms with Crippen molar-refractivity contribution >= 4 is 34.2 Å². The number of benzene rings is 2. The number of amides is 1. The average Bonchev–Trinajstić information content (AvgIpc) is 3.17. The maximum absolute atomic E-state index is 13.4. The number of nitrogens with one attached hydrogen (secondary N) is 1. The third-order valence-electron chi connectivity index (χ3n) is 10.2. The fourth-order valence-corrected chi connectivity index (χ4v) is 8.38. The molecule has 1 amide bonds. The van der Waals surface area contributed by atoms with E-state index >= 15 is 0 Å². The van der Waals surface area contributed by atoms with Crippen molar-refractivity contribution < 1.29 is 18.5 Å². The molecule has 7 unspecified atom stereocenters. The Morgan fingerprint density at radius 3 is 2.65 bits per heavy atom. The third kappa shape index (κ3) is 6.69. The molecule has 0 radical (unpaired) electrons. The van der Waals surface area contributed by atoms with Gasteiger partial charge >= 0.3 is 0 Å². The van der Waals surface area contributed by atoms with Gasteiger partial charge < -0.3 is 14.4 Å². The second-order valence-electron chi connectivity index (χ2n) is 12.7. The van der Waals surface area contributed by atoms with Gasteiger partial charge in [0.25, 0.3) is 5.91 Å². The minimum absolute atomic E-state index is 0.132. The first-order valence-electron chi connectivity index (χ1n) is 15.9. The van der Waals surface area contributed by atoms with Crippen LogP contribution in [0.1, 0.15) is 87.2 Å². The van der Waals surface area contributed by atoms with Crippen LogP contribution in [-0.4, -0.2) is 47.8 Å². The lowest BCUT2D eigenvalue weighted by atomic mass is 9.63. The highest BCUT2D eigenvalue weighted by molar-refractivity contribution is 7.84. The number of carbonyl (C=O) groups is 1. The molecule has 3 aliphatic rings. The second kappa shape index (κ2) is 13.7. The fourth-order valence-electron chi connectivity index (χ4n) is 7.16. The molecule has 2 aromatic carbocycles. The minimum atomic E-state index is -1.51. The van der Waals surface area contributed by atoms with Gasteiger partial charge in [0.05, 0.1) is 23.1 Å². The summed E-state index contributed by atoms with van der Waals surface area (Å²) in [6.07, 6.45) is 10.4. The molecule has 6 nitrogen and oxygen atoms in total. The van der Waals surface area contributed by atoms with Gasteiger partial charge in [0.2, 0.25) is 0 Å². The molecule has 7 atom stereocenters. The zero-order chi connectivity index (χ0) is 30.7. The predicted octanol–water partition coefficient (Wildman–Crippen LogP) is 7.47. The van der Waals surface area contributed by atoms with Gasteiger partial charge in [-0.15, -0.1) is 0 Å². The number of rotatable bonds is 5. The molecule has 2 aromatic rings. The van der Waals surface area contributed by atoms with E-state index < -0.39 is 11.0 Å². The van der Waals surface area contributed by atoms with E-state index in [-0.39, 0.29) is 28.6 Å². The number of hydrogen-bond donors (Lipinski definition) is 1. The fraction of sp³-hybridized carbons (Fsp3) is 0.571. The van der Waals surface area contributed by atoms with E-state index in [9.17, 15) is 9.00 Å². The summed E-state index contributed by atoms with van der Waals surface area (Å²) >= 11 is 6.43. The Kier molecular flexibility index (Phi) is 10.2. The van der Waals surface area contributed by atoms with Crippen LogP contribution >= 0.6 is 11.6 Å². The van der Waals surface area contributed by atoms with E-state index in [1.54, 1.807) is 6.07 Å². The minimum Gasteiger partial charge on any atom is -0.491 e. The van der Waals surface area contributed by atoms with Gasteiger partial charge in [-0.3, -0.25) is 9.52 Å². The third-order valence-corrected chi connectivity index (χ3v) is 11.9. The summed E-state index contributed by atoms with van der Waals surface area (Å²) in [7, 11) is 0.324. The molecule has 1 fully saturated rings. The first kappa shape index (κ1) is 32.1. The number of hydrogen-bond acceptors (Lipinski definition) is 5. The summed E-state index contributed by atoms with van der Waals surface area (Å²) in [4.78, 5) is 15.8. The second-order valence-corrected chi connectivity index (χ2v) is 14.7. The maximum atomic E-state index is 13.4. The zero-order valence-electron chi connectivity index (χ0n) is 26.2. The van der Waals surface area contributed by atoms with Gasteiger partial charge in [-0.2, -0.15) is 0 Å². The molecule has 2 bridgehead atoms. The summed E-state index contributed by atoms with van der Waals surface area (Å²) in [6.45, 7) is 10.6. The Balaban J connectivity index is 1.57. The van der Waals surface area contributed by atoms with E-state index in [4.69, 9.17) is 21.1 Å². The molecule has 8 heteroatoms. The quantitative estimate of drug-likeness (QED) is 0.349. The summed E-state index contributed by atoms with van der Waals surface area (Å²) in [6, 6.07) is 11.9. The lowest BCUT2D eigenvalue weighted by molar-refractivity contribution is -0.0770. The Labute approximate surface area is 265 Å². The first-order chi connectivity index (χ1) is 20.7. The van der Waals surface area contributed by atoms with Gasteiger partial charge in [-0.1, -0.05) is 57.0 Å². The van der Waals surface area contributed by atoms with Gasteiger partial charge in [-0.05, 0) is 98.2 Å². The smallest absolute Gasteiger partial charge is 0.263 e. The van der Waals surface area contributed by atoms with Crippen LogP contribution in [0, 0.1) is 17.8 Å². The normalized spacial score (nSPS) is 32.0. The number of ether oxygens (including phenoxy) is 2. The molecule has 1 aliphatic carbocycles. The highest BCUT2D eigenvalue weighted by Crippen LogP contribution is 2.48. The van der Waals surface area contributed by atoms with E-state index in [0.29, 0.717) is 24.0 Å². The van der Waals surface area contributed by atoms with Crippen LogP contribution in [0.3, 0.4) is 0 Å². The van der Waals surface area contributed by atoms with Crippen molar-refractivity contribution in [2.24, 2.45) is 17.8 Å². The van der Waals surface area contributed by atoms with Crippen molar-refractivity contribution in [1.82, 2.24) is 4.72 Å². The van der Waals surface area contributed by atoms with Crippen LogP contribution in [-0.2, 0) is 22.1 Å². The summed E-state index contributed by atoms with van der Waals surface area (Å²) in [5, 5.41) is 0.558. The van der Waals surface area contributed by atoms with Gasteiger partial charge in [0.1, 0.15) is 16.7 Å². The monoisotopic (exact) mass is 626 g/mol. The molecular weight excluding hydrogens is 580 g/mol. The lowest BCUT2D eigenvalue weighted by Crippen LogP contribution is -2.51. The molecule has 0 spiro atoms. The van der Waals surface area contributed by atoms with Crippen LogP contribution in [0.25, 0.3) is 0 Å². The highest BCUT2D eigenvalue weighted by Gasteiger charge is 2.46. The number of fused-ring (bicyclic) bond motifs is 2. The standard InChI is InChI=1S/C35H47ClN2O4S/c1-6-9-25-18-29(36)13-14-30(25)28-21-38-20-27-11-15-31(27)35(7-2,41-5)17-8-10-23(3)24(4)43(40)37-34(39)26-12-16-33(42-22-28)32(38)19-26/h8,12-14,16-19,23-24,27-28,31H,6-7,9-11,15,20-22H2,1-5H3,(H,37,39)/b17-8+. The van der Waals surface area contributed by atoms with Crippen molar-refractivity contribution in [2.45, 2.75) is 83.0 Å². The van der Waals surface area contributed by atoms with Crippen molar-refractivity contribution in [2.75, 3.05) is 31.7 Å². The molecule has 2 heterocycles. The zero-order valence-corrected chi connectivity index (χ0v) is 27.8. The summed E-state index contributed by atoms with van der Waals surface area (Å²) in [5.74, 6) is 1.55. The van der Waals surface area contributed by atoms with Gasteiger partial charge in [0.15, 0.2) is 0 Å². The van der Waals surface area contributed by atoms with Crippen LogP contribution in [0.15, 0.2) is 48.6 Å². The summed E-state index contributed by atoms with van der Waals surface area (Å²) in [5.41, 5.74) is 3.62. The van der Waals surface area contributed by atoms with Gasteiger partial charge in [-0.25, -0.2) is 4.21 Å².